The number of ether oxygens (including phenoxy) is 1. The Morgan fingerprint density at radius 1 is 1.36 bits per heavy atom. The quantitative estimate of drug-likeness (QED) is 0.896. The lowest BCUT2D eigenvalue weighted by atomic mass is 9.97. The molecule has 1 unspecified atom stereocenters. The third-order valence-corrected chi connectivity index (χ3v) is 4.51. The van der Waals surface area contributed by atoms with Crippen LogP contribution in [-0.2, 0) is 4.79 Å². The maximum Gasteiger partial charge on any atom is 0.220 e. The minimum atomic E-state index is -0.309. The first-order valence-electron chi connectivity index (χ1n) is 7.60. The highest BCUT2D eigenvalue weighted by atomic mass is 35.5. The standard InChI is InChI=1S/C16H21FN2O2.ClH/c17-11-4-5-15-12(9-11)14(6-7-21-15)19-16(20)8-10-2-1-3-13(10)18;/h4-5,9-10,13-14H,1-3,6-8,18H2,(H,19,20);1H/t10-,13+,14?;/m0./s1. The zero-order valence-corrected chi connectivity index (χ0v) is 13.2. The van der Waals surface area contributed by atoms with E-state index < -0.39 is 0 Å². The second kappa shape index (κ2) is 7.29. The van der Waals surface area contributed by atoms with Crippen molar-refractivity contribution in [1.82, 2.24) is 5.32 Å². The Morgan fingerprint density at radius 2 is 2.18 bits per heavy atom. The summed E-state index contributed by atoms with van der Waals surface area (Å²) in [5.74, 6) is 0.623. The van der Waals surface area contributed by atoms with Gasteiger partial charge in [0.05, 0.1) is 12.6 Å². The van der Waals surface area contributed by atoms with Gasteiger partial charge in [-0.15, -0.1) is 12.4 Å². The molecular weight excluding hydrogens is 307 g/mol. The van der Waals surface area contributed by atoms with Crippen LogP contribution in [0.3, 0.4) is 0 Å². The molecule has 3 rings (SSSR count). The number of nitrogens with one attached hydrogen (secondary N) is 1. The Morgan fingerprint density at radius 3 is 2.91 bits per heavy atom. The molecule has 22 heavy (non-hydrogen) atoms. The van der Waals surface area contributed by atoms with E-state index in [1.54, 1.807) is 6.07 Å². The molecule has 6 heteroatoms. The summed E-state index contributed by atoms with van der Waals surface area (Å²) < 4.78 is 18.9. The van der Waals surface area contributed by atoms with Crippen LogP contribution in [0, 0.1) is 11.7 Å². The van der Waals surface area contributed by atoms with Crippen molar-refractivity contribution < 1.29 is 13.9 Å². The fourth-order valence-corrected chi connectivity index (χ4v) is 3.33. The van der Waals surface area contributed by atoms with Gasteiger partial charge in [-0.25, -0.2) is 4.39 Å². The number of carbonyl (C=O) groups is 1. The number of fused-ring (bicyclic) bond motifs is 1. The molecule has 4 nitrogen and oxygen atoms in total. The molecule has 1 fully saturated rings. The first-order chi connectivity index (χ1) is 10.1. The van der Waals surface area contributed by atoms with Crippen molar-refractivity contribution in [2.45, 2.75) is 44.2 Å². The van der Waals surface area contributed by atoms with E-state index in [0.717, 1.165) is 24.8 Å². The van der Waals surface area contributed by atoms with Crippen molar-refractivity contribution in [2.75, 3.05) is 6.61 Å². The first kappa shape index (κ1) is 17.0. The van der Waals surface area contributed by atoms with E-state index in [9.17, 15) is 9.18 Å². The molecule has 1 saturated carbocycles. The molecule has 3 N–H and O–H groups in total. The van der Waals surface area contributed by atoms with Crippen LogP contribution in [0.1, 0.15) is 43.7 Å². The molecule has 0 saturated heterocycles. The second-order valence-corrected chi connectivity index (χ2v) is 6.00. The van der Waals surface area contributed by atoms with Crippen molar-refractivity contribution in [2.24, 2.45) is 11.7 Å². The maximum atomic E-state index is 13.4. The summed E-state index contributed by atoms with van der Waals surface area (Å²) in [5, 5.41) is 3.01. The summed E-state index contributed by atoms with van der Waals surface area (Å²) >= 11 is 0. The van der Waals surface area contributed by atoms with E-state index >= 15 is 0 Å². The number of rotatable bonds is 3. The van der Waals surface area contributed by atoms with Gasteiger partial charge in [0.2, 0.25) is 5.91 Å². The van der Waals surface area contributed by atoms with E-state index in [1.807, 2.05) is 0 Å². The van der Waals surface area contributed by atoms with Crippen molar-refractivity contribution >= 4 is 18.3 Å². The molecule has 0 spiro atoms. The molecule has 2 aliphatic rings. The van der Waals surface area contributed by atoms with Crippen LogP contribution in [0.25, 0.3) is 0 Å². The van der Waals surface area contributed by atoms with Gasteiger partial charge >= 0.3 is 0 Å². The van der Waals surface area contributed by atoms with Crippen LogP contribution >= 0.6 is 12.4 Å². The van der Waals surface area contributed by atoms with Gasteiger partial charge in [-0.3, -0.25) is 4.79 Å². The predicted octanol–water partition coefficient (Wildman–Crippen LogP) is 2.70. The number of nitrogens with two attached hydrogens (primary N) is 1. The van der Waals surface area contributed by atoms with Gasteiger partial charge < -0.3 is 15.8 Å². The lowest BCUT2D eigenvalue weighted by Crippen LogP contribution is -2.35. The Bertz CT molecular complexity index is 541. The Balaban J connectivity index is 0.00000176. The Kier molecular flexibility index (Phi) is 5.64. The van der Waals surface area contributed by atoms with Gasteiger partial charge in [0, 0.05) is 24.4 Å². The molecule has 1 aliphatic heterocycles. The molecule has 0 aromatic heterocycles. The highest BCUT2D eigenvalue weighted by Crippen LogP contribution is 2.33. The van der Waals surface area contributed by atoms with E-state index in [2.05, 4.69) is 5.32 Å². The van der Waals surface area contributed by atoms with E-state index in [0.29, 0.717) is 25.2 Å². The van der Waals surface area contributed by atoms with Crippen molar-refractivity contribution in [3.05, 3.63) is 29.6 Å². The Hall–Kier alpha value is -1.33. The number of carbonyl (C=O) groups excluding carboxylic acids is 1. The summed E-state index contributed by atoms with van der Waals surface area (Å²) in [7, 11) is 0. The average Bonchev–Trinajstić information content (AvgIpc) is 2.85. The number of benzene rings is 1. The highest BCUT2D eigenvalue weighted by Gasteiger charge is 2.28. The van der Waals surface area contributed by atoms with Crippen LogP contribution in [0.2, 0.25) is 0 Å². The molecule has 0 radical (unpaired) electrons. The second-order valence-electron chi connectivity index (χ2n) is 6.00. The van der Waals surface area contributed by atoms with Crippen LogP contribution < -0.4 is 15.8 Å². The molecular formula is C16H22ClFN2O2. The predicted molar refractivity (Wildman–Crippen MR) is 84.6 cm³/mol. The smallest absolute Gasteiger partial charge is 0.220 e. The van der Waals surface area contributed by atoms with Gasteiger partial charge in [-0.05, 0) is 37.0 Å². The van der Waals surface area contributed by atoms with Crippen molar-refractivity contribution in [1.29, 1.82) is 0 Å². The zero-order valence-electron chi connectivity index (χ0n) is 12.4. The average molecular weight is 329 g/mol. The third kappa shape index (κ3) is 3.70. The van der Waals surface area contributed by atoms with Gasteiger partial charge in [0.1, 0.15) is 11.6 Å². The van der Waals surface area contributed by atoms with Crippen molar-refractivity contribution in [3.8, 4) is 5.75 Å². The summed E-state index contributed by atoms with van der Waals surface area (Å²) in [6, 6.07) is 4.40. The molecule has 0 bridgehead atoms. The van der Waals surface area contributed by atoms with Gasteiger partial charge in [-0.1, -0.05) is 6.42 Å². The minimum absolute atomic E-state index is 0. The summed E-state index contributed by atoms with van der Waals surface area (Å²) in [4.78, 5) is 12.2. The summed E-state index contributed by atoms with van der Waals surface area (Å²) in [6.45, 7) is 0.534. The largest absolute Gasteiger partial charge is 0.493 e. The van der Waals surface area contributed by atoms with Gasteiger partial charge in [-0.2, -0.15) is 0 Å². The van der Waals surface area contributed by atoms with Crippen LogP contribution in [-0.4, -0.2) is 18.6 Å². The topological polar surface area (TPSA) is 64.4 Å². The van der Waals surface area contributed by atoms with Crippen LogP contribution in [0.15, 0.2) is 18.2 Å². The lowest BCUT2D eigenvalue weighted by Gasteiger charge is -2.27. The van der Waals surface area contributed by atoms with E-state index in [1.165, 1.54) is 12.1 Å². The monoisotopic (exact) mass is 328 g/mol. The van der Waals surface area contributed by atoms with Gasteiger partial charge in [0.25, 0.3) is 0 Å². The molecule has 1 aromatic rings. The van der Waals surface area contributed by atoms with Crippen molar-refractivity contribution in [3.63, 3.8) is 0 Å². The molecule has 1 heterocycles. The normalized spacial score (nSPS) is 26.5. The summed E-state index contributed by atoms with van der Waals surface area (Å²) in [5.41, 5.74) is 6.73. The SMILES string of the molecule is Cl.N[C@@H]1CCC[C@H]1CC(=O)NC1CCOc2ccc(F)cc21. The molecule has 1 aliphatic carbocycles. The lowest BCUT2D eigenvalue weighted by molar-refractivity contribution is -0.123. The molecule has 3 atom stereocenters. The molecule has 122 valence electrons. The zero-order chi connectivity index (χ0) is 14.8. The first-order valence-corrected chi connectivity index (χ1v) is 7.60. The fourth-order valence-electron chi connectivity index (χ4n) is 3.33. The minimum Gasteiger partial charge on any atom is -0.493 e. The molecule has 1 amide bonds. The maximum absolute atomic E-state index is 13.4. The summed E-state index contributed by atoms with van der Waals surface area (Å²) in [6.07, 6.45) is 4.25. The van der Waals surface area contributed by atoms with Crippen LogP contribution in [0.5, 0.6) is 5.75 Å². The van der Waals surface area contributed by atoms with Gasteiger partial charge in [0.15, 0.2) is 0 Å². The number of amides is 1. The molecule has 1 aromatic carbocycles. The number of hydrogen-bond acceptors (Lipinski definition) is 3. The number of hydrogen-bond donors (Lipinski definition) is 2. The number of halogens is 2. The van der Waals surface area contributed by atoms with E-state index in [-0.39, 0.29) is 42.1 Å². The fraction of sp³-hybridized carbons (Fsp3) is 0.562. The highest BCUT2D eigenvalue weighted by molar-refractivity contribution is 5.85. The van der Waals surface area contributed by atoms with Crippen LogP contribution in [0.4, 0.5) is 4.39 Å². The third-order valence-electron chi connectivity index (χ3n) is 4.51. The van der Waals surface area contributed by atoms with E-state index in [4.69, 9.17) is 10.5 Å². The Labute approximate surface area is 136 Å².